The van der Waals surface area contributed by atoms with Crippen LogP contribution < -0.4 is 19.7 Å². The van der Waals surface area contributed by atoms with E-state index in [9.17, 15) is 14.7 Å². The molecular formula is C27H38N4O5. The van der Waals surface area contributed by atoms with Crippen molar-refractivity contribution in [2.75, 3.05) is 56.7 Å². The van der Waals surface area contributed by atoms with Gasteiger partial charge in [0.1, 0.15) is 6.61 Å². The summed E-state index contributed by atoms with van der Waals surface area (Å²) in [6.07, 6.45) is 0. The topological polar surface area (TPSA) is 94.6 Å². The van der Waals surface area contributed by atoms with Gasteiger partial charge < -0.3 is 29.7 Å². The van der Waals surface area contributed by atoms with Crippen molar-refractivity contribution in [1.82, 2.24) is 9.80 Å². The summed E-state index contributed by atoms with van der Waals surface area (Å²) >= 11 is 0. The lowest BCUT2D eigenvalue weighted by molar-refractivity contribution is 0.0697. The van der Waals surface area contributed by atoms with E-state index in [0.717, 1.165) is 6.54 Å². The normalized spacial score (nSPS) is 13.9. The molecule has 9 heteroatoms. The van der Waals surface area contributed by atoms with E-state index in [1.54, 1.807) is 48.4 Å². The molecule has 0 bridgehead atoms. The van der Waals surface area contributed by atoms with Crippen LogP contribution in [-0.2, 0) is 0 Å². The SMILES string of the molecule is COc1ccc(NC(=O)N2CCN(c3ccccc3C(=O)O)CC2)cc1OCCN(C(C)C)C(C)C. The number of carboxylic acid groups (broad SMARTS) is 1. The minimum Gasteiger partial charge on any atom is -0.493 e. The molecule has 2 aromatic rings. The van der Waals surface area contributed by atoms with Gasteiger partial charge in [0, 0.05) is 56.6 Å². The molecule has 0 spiro atoms. The van der Waals surface area contributed by atoms with Crippen molar-refractivity contribution in [1.29, 1.82) is 0 Å². The Hall–Kier alpha value is -3.46. The Balaban J connectivity index is 1.59. The molecule has 1 heterocycles. The molecule has 0 unspecified atom stereocenters. The quantitative estimate of drug-likeness (QED) is 0.506. The number of methoxy groups -OCH3 is 1. The molecule has 3 rings (SSSR count). The zero-order chi connectivity index (χ0) is 26.2. The molecule has 1 fully saturated rings. The fourth-order valence-corrected chi connectivity index (χ4v) is 4.52. The molecule has 0 atom stereocenters. The van der Waals surface area contributed by atoms with E-state index in [4.69, 9.17) is 9.47 Å². The number of ether oxygens (including phenoxy) is 2. The minimum atomic E-state index is -0.954. The van der Waals surface area contributed by atoms with Crippen LogP contribution in [0.3, 0.4) is 0 Å². The van der Waals surface area contributed by atoms with Gasteiger partial charge in [-0.15, -0.1) is 0 Å². The molecule has 196 valence electrons. The van der Waals surface area contributed by atoms with Crippen LogP contribution in [0.5, 0.6) is 11.5 Å². The summed E-state index contributed by atoms with van der Waals surface area (Å²) in [6.45, 7) is 12.0. The van der Waals surface area contributed by atoms with E-state index in [1.165, 1.54) is 0 Å². The Bertz CT molecular complexity index is 1030. The van der Waals surface area contributed by atoms with E-state index in [0.29, 0.717) is 67.7 Å². The van der Waals surface area contributed by atoms with Crippen LogP contribution in [-0.4, -0.2) is 85.4 Å². The highest BCUT2D eigenvalue weighted by Crippen LogP contribution is 2.30. The van der Waals surface area contributed by atoms with E-state index in [2.05, 4.69) is 37.9 Å². The van der Waals surface area contributed by atoms with Crippen molar-refractivity contribution in [3.05, 3.63) is 48.0 Å². The molecule has 0 saturated carbocycles. The number of rotatable bonds is 10. The summed E-state index contributed by atoms with van der Waals surface area (Å²) in [7, 11) is 1.59. The zero-order valence-corrected chi connectivity index (χ0v) is 21.9. The first-order valence-electron chi connectivity index (χ1n) is 12.4. The van der Waals surface area contributed by atoms with Gasteiger partial charge in [-0.1, -0.05) is 12.1 Å². The average Bonchev–Trinajstić information content (AvgIpc) is 2.86. The molecule has 36 heavy (non-hydrogen) atoms. The number of nitrogens with one attached hydrogen (secondary N) is 1. The first kappa shape index (κ1) is 27.1. The molecule has 2 N–H and O–H groups in total. The summed E-state index contributed by atoms with van der Waals surface area (Å²) in [5, 5.41) is 12.4. The van der Waals surface area contributed by atoms with Crippen LogP contribution in [0.4, 0.5) is 16.2 Å². The number of aromatic carboxylic acids is 1. The van der Waals surface area contributed by atoms with Crippen LogP contribution in [0.2, 0.25) is 0 Å². The predicted octanol–water partition coefficient (Wildman–Crippen LogP) is 4.25. The van der Waals surface area contributed by atoms with Gasteiger partial charge in [-0.3, -0.25) is 4.90 Å². The number of amides is 2. The van der Waals surface area contributed by atoms with Crippen molar-refractivity contribution in [2.24, 2.45) is 0 Å². The van der Waals surface area contributed by atoms with Gasteiger partial charge in [0.2, 0.25) is 0 Å². The number of urea groups is 1. The first-order valence-corrected chi connectivity index (χ1v) is 12.4. The Morgan fingerprint density at radius 1 is 1.00 bits per heavy atom. The van der Waals surface area contributed by atoms with Crippen molar-refractivity contribution in [3.8, 4) is 11.5 Å². The lowest BCUT2D eigenvalue weighted by Crippen LogP contribution is -2.50. The highest BCUT2D eigenvalue weighted by Gasteiger charge is 2.24. The number of hydrogen-bond donors (Lipinski definition) is 2. The number of carbonyl (C=O) groups is 2. The van der Waals surface area contributed by atoms with E-state index in [-0.39, 0.29) is 11.6 Å². The molecule has 9 nitrogen and oxygen atoms in total. The van der Waals surface area contributed by atoms with Gasteiger partial charge in [-0.05, 0) is 52.0 Å². The Kier molecular flexibility index (Phi) is 9.41. The molecule has 1 saturated heterocycles. The number of nitrogens with zero attached hydrogens (tertiary/aromatic N) is 3. The van der Waals surface area contributed by atoms with Crippen molar-refractivity contribution in [2.45, 2.75) is 39.8 Å². The Labute approximate surface area is 213 Å². The molecule has 0 radical (unpaired) electrons. The lowest BCUT2D eigenvalue weighted by atomic mass is 10.1. The van der Waals surface area contributed by atoms with Gasteiger partial charge >= 0.3 is 12.0 Å². The van der Waals surface area contributed by atoms with Crippen molar-refractivity contribution in [3.63, 3.8) is 0 Å². The Morgan fingerprint density at radius 3 is 2.28 bits per heavy atom. The highest BCUT2D eigenvalue weighted by molar-refractivity contribution is 5.94. The molecular weight excluding hydrogens is 460 g/mol. The third-order valence-corrected chi connectivity index (χ3v) is 6.39. The lowest BCUT2D eigenvalue weighted by Gasteiger charge is -2.36. The molecule has 2 amide bonds. The van der Waals surface area contributed by atoms with Crippen LogP contribution in [0.1, 0.15) is 38.1 Å². The number of benzene rings is 2. The van der Waals surface area contributed by atoms with Crippen molar-refractivity contribution >= 4 is 23.4 Å². The van der Waals surface area contributed by atoms with Gasteiger partial charge in [-0.25, -0.2) is 9.59 Å². The van der Waals surface area contributed by atoms with Gasteiger partial charge in [0.15, 0.2) is 11.5 Å². The number of para-hydroxylation sites is 1. The van der Waals surface area contributed by atoms with Gasteiger partial charge in [0.05, 0.1) is 18.4 Å². The number of carbonyl (C=O) groups excluding carboxylic acids is 1. The van der Waals surface area contributed by atoms with Crippen LogP contribution >= 0.6 is 0 Å². The van der Waals surface area contributed by atoms with E-state index >= 15 is 0 Å². The molecule has 1 aliphatic heterocycles. The third-order valence-electron chi connectivity index (χ3n) is 6.39. The molecule has 0 aliphatic carbocycles. The fraction of sp³-hybridized carbons (Fsp3) is 0.481. The largest absolute Gasteiger partial charge is 0.493 e. The number of hydrogen-bond acceptors (Lipinski definition) is 6. The smallest absolute Gasteiger partial charge is 0.337 e. The molecule has 2 aromatic carbocycles. The molecule has 0 aromatic heterocycles. The van der Waals surface area contributed by atoms with E-state index < -0.39 is 5.97 Å². The minimum absolute atomic E-state index is 0.205. The maximum Gasteiger partial charge on any atom is 0.337 e. The Morgan fingerprint density at radius 2 is 1.67 bits per heavy atom. The molecule has 1 aliphatic rings. The third kappa shape index (κ3) is 6.81. The summed E-state index contributed by atoms with van der Waals surface area (Å²) in [5.74, 6) is 0.238. The van der Waals surface area contributed by atoms with Gasteiger partial charge in [-0.2, -0.15) is 0 Å². The first-order chi connectivity index (χ1) is 17.2. The van der Waals surface area contributed by atoms with E-state index in [1.807, 2.05) is 11.0 Å². The maximum absolute atomic E-state index is 12.9. The second-order valence-corrected chi connectivity index (χ2v) is 9.37. The van der Waals surface area contributed by atoms with Crippen molar-refractivity contribution < 1.29 is 24.2 Å². The average molecular weight is 499 g/mol. The second kappa shape index (κ2) is 12.5. The summed E-state index contributed by atoms with van der Waals surface area (Å²) < 4.78 is 11.5. The van der Waals surface area contributed by atoms with Crippen LogP contribution in [0.25, 0.3) is 0 Å². The summed E-state index contributed by atoms with van der Waals surface area (Å²) in [4.78, 5) is 30.6. The van der Waals surface area contributed by atoms with Crippen LogP contribution in [0.15, 0.2) is 42.5 Å². The zero-order valence-electron chi connectivity index (χ0n) is 21.9. The fourth-order valence-electron chi connectivity index (χ4n) is 4.52. The number of carboxylic acids is 1. The van der Waals surface area contributed by atoms with Crippen LogP contribution in [0, 0.1) is 0 Å². The monoisotopic (exact) mass is 498 g/mol. The maximum atomic E-state index is 12.9. The summed E-state index contributed by atoms with van der Waals surface area (Å²) in [5.41, 5.74) is 1.57. The van der Waals surface area contributed by atoms with Gasteiger partial charge in [0.25, 0.3) is 0 Å². The number of anilines is 2. The number of piperazine rings is 1. The predicted molar refractivity (Wildman–Crippen MR) is 142 cm³/mol. The highest BCUT2D eigenvalue weighted by atomic mass is 16.5. The standard InChI is InChI=1S/C27H38N4O5/c1-19(2)31(20(3)4)16-17-36-25-18-21(10-11-24(25)35-5)28-27(34)30-14-12-29(13-15-30)23-9-7-6-8-22(23)26(32)33/h6-11,18-20H,12-17H2,1-5H3,(H,28,34)(H,32,33). The summed E-state index contributed by atoms with van der Waals surface area (Å²) in [6, 6.07) is 12.9. The second-order valence-electron chi connectivity index (χ2n) is 9.37.